The molecule has 2 nitrogen and oxygen atoms in total. The van der Waals surface area contributed by atoms with E-state index in [1.807, 2.05) is 0 Å². The lowest BCUT2D eigenvalue weighted by Gasteiger charge is -2.27. The van der Waals surface area contributed by atoms with E-state index in [0.29, 0.717) is 6.04 Å². The van der Waals surface area contributed by atoms with Gasteiger partial charge in [-0.2, -0.15) is 0 Å². The molecule has 0 amide bonds. The van der Waals surface area contributed by atoms with Crippen LogP contribution in [0.25, 0.3) is 0 Å². The van der Waals surface area contributed by atoms with Crippen molar-refractivity contribution in [1.29, 1.82) is 0 Å². The predicted octanol–water partition coefficient (Wildman–Crippen LogP) is 5.00. The number of hydrogen-bond donors (Lipinski definition) is 1. The second-order valence-corrected chi connectivity index (χ2v) is 6.93. The number of methoxy groups -OCH3 is 1. The molecule has 0 spiro atoms. The molecule has 1 unspecified atom stereocenters. The maximum atomic E-state index is 5.55. The summed E-state index contributed by atoms with van der Waals surface area (Å²) in [5.41, 5.74) is 2.67. The highest BCUT2D eigenvalue weighted by atomic mass is 79.9. The van der Waals surface area contributed by atoms with Crippen LogP contribution in [-0.4, -0.2) is 19.3 Å². The Morgan fingerprint density at radius 2 is 2.05 bits per heavy atom. The first-order valence-electron chi connectivity index (χ1n) is 7.44. The lowest BCUT2D eigenvalue weighted by atomic mass is 9.92. The Labute approximate surface area is 132 Å². The van der Waals surface area contributed by atoms with Gasteiger partial charge >= 0.3 is 0 Å². The van der Waals surface area contributed by atoms with Crippen molar-refractivity contribution in [3.8, 4) is 0 Å². The molecule has 0 saturated heterocycles. The van der Waals surface area contributed by atoms with E-state index in [0.717, 1.165) is 30.3 Å². The Hall–Kier alpha value is -0.380. The van der Waals surface area contributed by atoms with Crippen LogP contribution in [0.2, 0.25) is 0 Å². The van der Waals surface area contributed by atoms with Crippen LogP contribution in [0.4, 0.5) is 0 Å². The Morgan fingerprint density at radius 1 is 1.35 bits per heavy atom. The van der Waals surface area contributed by atoms with E-state index in [1.54, 1.807) is 7.11 Å². The number of benzene rings is 1. The summed E-state index contributed by atoms with van der Waals surface area (Å²) in [5.74, 6) is 0. The molecule has 0 fully saturated rings. The first-order chi connectivity index (χ1) is 9.39. The summed E-state index contributed by atoms with van der Waals surface area (Å²) >= 11 is 3.58. The third-order valence-electron chi connectivity index (χ3n) is 3.85. The summed E-state index contributed by atoms with van der Waals surface area (Å²) < 4.78 is 6.69. The zero-order chi connectivity index (χ0) is 15.2. The van der Waals surface area contributed by atoms with Crippen molar-refractivity contribution in [2.45, 2.75) is 58.6 Å². The van der Waals surface area contributed by atoms with Crippen LogP contribution in [0.15, 0.2) is 22.7 Å². The van der Waals surface area contributed by atoms with Gasteiger partial charge in [-0.25, -0.2) is 0 Å². The molecule has 0 saturated carbocycles. The Bertz CT molecular complexity index is 417. The normalized spacial score (nSPS) is 13.5. The minimum Gasteiger partial charge on any atom is -0.379 e. The van der Waals surface area contributed by atoms with Crippen LogP contribution in [0.3, 0.4) is 0 Å². The molecule has 0 aliphatic rings. The van der Waals surface area contributed by atoms with E-state index >= 15 is 0 Å². The van der Waals surface area contributed by atoms with E-state index in [9.17, 15) is 0 Å². The highest BCUT2D eigenvalue weighted by molar-refractivity contribution is 9.10. The molecule has 0 aliphatic heterocycles. The summed E-state index contributed by atoms with van der Waals surface area (Å²) in [7, 11) is 1.79. The van der Waals surface area contributed by atoms with Crippen LogP contribution in [0.5, 0.6) is 0 Å². The fraction of sp³-hybridized carbons (Fsp3) is 0.647. The van der Waals surface area contributed by atoms with Crippen molar-refractivity contribution in [2.75, 3.05) is 13.7 Å². The summed E-state index contributed by atoms with van der Waals surface area (Å²) in [6, 6.07) is 6.92. The smallest absolute Gasteiger partial charge is 0.0623 e. The molecule has 3 heteroatoms. The molecule has 1 N–H and O–H groups in total. The van der Waals surface area contributed by atoms with Gasteiger partial charge in [0.05, 0.1) is 5.60 Å². The van der Waals surface area contributed by atoms with Crippen molar-refractivity contribution in [3.05, 3.63) is 33.8 Å². The SMILES string of the molecule is CCCNC(CCC(C)(C)OC)c1cc(Br)ccc1C. The third-order valence-corrected chi connectivity index (χ3v) is 4.34. The minimum absolute atomic E-state index is 0.0634. The van der Waals surface area contributed by atoms with Gasteiger partial charge in [0, 0.05) is 17.6 Å². The van der Waals surface area contributed by atoms with Gasteiger partial charge in [-0.15, -0.1) is 0 Å². The van der Waals surface area contributed by atoms with Gasteiger partial charge in [0.1, 0.15) is 0 Å². The molecule has 1 aromatic carbocycles. The number of halogens is 1. The molecule has 0 heterocycles. The fourth-order valence-electron chi connectivity index (χ4n) is 2.27. The fourth-order valence-corrected chi connectivity index (χ4v) is 2.65. The quantitative estimate of drug-likeness (QED) is 0.717. The van der Waals surface area contributed by atoms with Crippen LogP contribution < -0.4 is 5.32 Å². The molecule has 20 heavy (non-hydrogen) atoms. The first-order valence-corrected chi connectivity index (χ1v) is 8.23. The van der Waals surface area contributed by atoms with Crippen molar-refractivity contribution < 1.29 is 4.74 Å². The first kappa shape index (κ1) is 17.7. The van der Waals surface area contributed by atoms with E-state index in [2.05, 4.69) is 67.1 Å². The molecule has 1 atom stereocenters. The largest absolute Gasteiger partial charge is 0.379 e. The number of rotatable bonds is 8. The third kappa shape index (κ3) is 5.55. The van der Waals surface area contributed by atoms with Gasteiger partial charge in [-0.05, 0) is 69.8 Å². The maximum Gasteiger partial charge on any atom is 0.0623 e. The summed E-state index contributed by atoms with van der Waals surface area (Å²) in [4.78, 5) is 0. The van der Waals surface area contributed by atoms with Crippen molar-refractivity contribution in [3.63, 3.8) is 0 Å². The van der Waals surface area contributed by atoms with Gasteiger partial charge < -0.3 is 10.1 Å². The average molecular weight is 342 g/mol. The van der Waals surface area contributed by atoms with E-state index in [4.69, 9.17) is 4.74 Å². The van der Waals surface area contributed by atoms with Crippen molar-refractivity contribution >= 4 is 15.9 Å². The molecule has 114 valence electrons. The van der Waals surface area contributed by atoms with E-state index < -0.39 is 0 Å². The van der Waals surface area contributed by atoms with Gasteiger partial charge in [-0.3, -0.25) is 0 Å². The summed E-state index contributed by atoms with van der Waals surface area (Å²) in [6.07, 6.45) is 3.27. The summed E-state index contributed by atoms with van der Waals surface area (Å²) in [6.45, 7) is 9.74. The second kappa shape index (κ2) is 8.16. The number of ether oxygens (including phenoxy) is 1. The molecule has 0 bridgehead atoms. The number of hydrogen-bond acceptors (Lipinski definition) is 2. The zero-order valence-corrected chi connectivity index (χ0v) is 15.0. The van der Waals surface area contributed by atoms with Crippen molar-refractivity contribution in [2.24, 2.45) is 0 Å². The highest BCUT2D eigenvalue weighted by Crippen LogP contribution is 2.28. The molecular weight excluding hydrogens is 314 g/mol. The molecule has 0 aliphatic carbocycles. The van der Waals surface area contributed by atoms with Gasteiger partial charge in [0.2, 0.25) is 0 Å². The lowest BCUT2D eigenvalue weighted by molar-refractivity contribution is 0.0116. The Balaban J connectivity index is 2.85. The van der Waals surface area contributed by atoms with Crippen LogP contribution in [-0.2, 0) is 4.74 Å². The van der Waals surface area contributed by atoms with E-state index in [1.165, 1.54) is 11.1 Å². The summed E-state index contributed by atoms with van der Waals surface area (Å²) in [5, 5.41) is 3.67. The lowest BCUT2D eigenvalue weighted by Crippen LogP contribution is -2.28. The Kier molecular flexibility index (Phi) is 7.21. The number of nitrogens with one attached hydrogen (secondary N) is 1. The maximum absolute atomic E-state index is 5.55. The predicted molar refractivity (Wildman–Crippen MR) is 90.2 cm³/mol. The Morgan fingerprint density at radius 3 is 2.65 bits per heavy atom. The molecule has 0 aromatic heterocycles. The highest BCUT2D eigenvalue weighted by Gasteiger charge is 2.21. The topological polar surface area (TPSA) is 21.3 Å². The zero-order valence-electron chi connectivity index (χ0n) is 13.4. The van der Waals surface area contributed by atoms with Crippen LogP contribution in [0.1, 0.15) is 57.2 Å². The number of aryl methyl sites for hydroxylation is 1. The standard InChI is InChI=1S/C17H28BrNO/c1-6-11-19-16(9-10-17(3,4)20-5)15-12-14(18)8-7-13(15)2/h7-8,12,16,19H,6,9-11H2,1-5H3. The van der Waals surface area contributed by atoms with E-state index in [-0.39, 0.29) is 5.60 Å². The van der Waals surface area contributed by atoms with Gasteiger partial charge in [0.25, 0.3) is 0 Å². The second-order valence-electron chi connectivity index (χ2n) is 6.01. The van der Waals surface area contributed by atoms with Gasteiger partial charge in [0.15, 0.2) is 0 Å². The van der Waals surface area contributed by atoms with Crippen LogP contribution in [0, 0.1) is 6.92 Å². The molecule has 1 rings (SSSR count). The minimum atomic E-state index is -0.0634. The average Bonchev–Trinajstić information content (AvgIpc) is 2.42. The molecular formula is C17H28BrNO. The van der Waals surface area contributed by atoms with Crippen molar-refractivity contribution in [1.82, 2.24) is 5.32 Å². The molecule has 1 aromatic rings. The monoisotopic (exact) mass is 341 g/mol. The van der Waals surface area contributed by atoms with Gasteiger partial charge in [-0.1, -0.05) is 28.9 Å². The van der Waals surface area contributed by atoms with Crippen LogP contribution >= 0.6 is 15.9 Å². The molecule has 0 radical (unpaired) electrons.